The normalized spacial score (nSPS) is 13.9. The third-order valence-electron chi connectivity index (χ3n) is 4.57. The van der Waals surface area contributed by atoms with E-state index in [0.29, 0.717) is 27.8 Å². The fourth-order valence-electron chi connectivity index (χ4n) is 3.11. The zero-order valence-electron chi connectivity index (χ0n) is 15.5. The average molecular weight is 410 g/mol. The van der Waals surface area contributed by atoms with Crippen molar-refractivity contribution in [1.82, 2.24) is 0 Å². The lowest BCUT2D eigenvalue weighted by Crippen LogP contribution is -2.03. The fourth-order valence-corrected chi connectivity index (χ4v) is 3.28. The van der Waals surface area contributed by atoms with Crippen LogP contribution >= 0.6 is 11.6 Å². The Morgan fingerprint density at radius 2 is 1.83 bits per heavy atom. The molecule has 0 bridgehead atoms. The predicted octanol–water partition coefficient (Wildman–Crippen LogP) is 5.56. The molecule has 0 unspecified atom stereocenters. The van der Waals surface area contributed by atoms with E-state index in [9.17, 15) is 9.18 Å². The van der Waals surface area contributed by atoms with Crippen LogP contribution < -0.4 is 14.8 Å². The van der Waals surface area contributed by atoms with Gasteiger partial charge in [0.15, 0.2) is 11.5 Å². The van der Waals surface area contributed by atoms with Crippen LogP contribution in [0.4, 0.5) is 10.1 Å². The first-order chi connectivity index (χ1) is 14.0. The van der Waals surface area contributed by atoms with Crippen LogP contribution in [0.5, 0.6) is 11.5 Å². The van der Waals surface area contributed by atoms with Crippen molar-refractivity contribution in [1.29, 1.82) is 0 Å². The minimum absolute atomic E-state index is 0.183. The second-order valence-corrected chi connectivity index (χ2v) is 6.96. The molecule has 0 saturated heterocycles. The van der Waals surface area contributed by atoms with Gasteiger partial charge < -0.3 is 14.8 Å². The zero-order valence-corrected chi connectivity index (χ0v) is 16.3. The number of nitrogens with one attached hydrogen (secondary N) is 1. The maximum absolute atomic E-state index is 13.0. The molecule has 0 spiro atoms. The standard InChI is InChI=1S/C23H17ClFNO3/c1-28-22-11-15(4-9-21(22)29-13-14-2-6-17(25)7-3-14)10-19-18-8-5-16(24)12-20(18)26-23(19)27/h2-12H,13H2,1H3,(H,26,27). The summed E-state index contributed by atoms with van der Waals surface area (Å²) in [4.78, 5) is 12.3. The van der Waals surface area contributed by atoms with Crippen LogP contribution in [0.3, 0.4) is 0 Å². The zero-order chi connectivity index (χ0) is 20.4. The monoisotopic (exact) mass is 409 g/mol. The molecule has 1 aliphatic rings. The quantitative estimate of drug-likeness (QED) is 0.561. The third-order valence-corrected chi connectivity index (χ3v) is 4.81. The second-order valence-electron chi connectivity index (χ2n) is 6.53. The summed E-state index contributed by atoms with van der Waals surface area (Å²) < 4.78 is 24.3. The molecule has 146 valence electrons. The highest BCUT2D eigenvalue weighted by Gasteiger charge is 2.24. The number of hydrogen-bond acceptors (Lipinski definition) is 3. The molecule has 0 saturated carbocycles. The van der Waals surface area contributed by atoms with Crippen LogP contribution in [0.25, 0.3) is 11.6 Å². The molecule has 1 amide bonds. The highest BCUT2D eigenvalue weighted by Crippen LogP contribution is 2.36. The van der Waals surface area contributed by atoms with Gasteiger partial charge in [0.05, 0.1) is 12.8 Å². The first-order valence-corrected chi connectivity index (χ1v) is 9.29. The van der Waals surface area contributed by atoms with Gasteiger partial charge in [-0.15, -0.1) is 0 Å². The summed E-state index contributed by atoms with van der Waals surface area (Å²) >= 11 is 6.00. The highest BCUT2D eigenvalue weighted by molar-refractivity contribution is 6.36. The van der Waals surface area contributed by atoms with Crippen molar-refractivity contribution in [3.8, 4) is 11.5 Å². The Hall–Kier alpha value is -3.31. The van der Waals surface area contributed by atoms with E-state index >= 15 is 0 Å². The molecule has 3 aromatic carbocycles. The molecule has 1 aliphatic heterocycles. The maximum Gasteiger partial charge on any atom is 0.256 e. The van der Waals surface area contributed by atoms with Crippen LogP contribution in [-0.4, -0.2) is 13.0 Å². The summed E-state index contributed by atoms with van der Waals surface area (Å²) in [6, 6.07) is 16.8. The van der Waals surface area contributed by atoms with E-state index in [1.165, 1.54) is 12.1 Å². The van der Waals surface area contributed by atoms with Gasteiger partial charge in [0.1, 0.15) is 12.4 Å². The van der Waals surface area contributed by atoms with Gasteiger partial charge in [-0.2, -0.15) is 0 Å². The van der Waals surface area contributed by atoms with Gasteiger partial charge in [-0.1, -0.05) is 35.9 Å². The van der Waals surface area contributed by atoms with Crippen LogP contribution in [0.15, 0.2) is 60.7 Å². The van der Waals surface area contributed by atoms with E-state index in [2.05, 4.69) is 5.32 Å². The van der Waals surface area contributed by atoms with Gasteiger partial charge >= 0.3 is 0 Å². The van der Waals surface area contributed by atoms with E-state index in [4.69, 9.17) is 21.1 Å². The van der Waals surface area contributed by atoms with Crippen molar-refractivity contribution < 1.29 is 18.7 Å². The fraction of sp³-hybridized carbons (Fsp3) is 0.0870. The largest absolute Gasteiger partial charge is 0.493 e. The number of carbonyl (C=O) groups is 1. The lowest BCUT2D eigenvalue weighted by Gasteiger charge is -2.11. The van der Waals surface area contributed by atoms with Gasteiger partial charge in [-0.3, -0.25) is 4.79 Å². The number of halogens is 2. The predicted molar refractivity (Wildman–Crippen MR) is 112 cm³/mol. The van der Waals surface area contributed by atoms with Crippen molar-refractivity contribution in [3.05, 3.63) is 88.2 Å². The summed E-state index contributed by atoms with van der Waals surface area (Å²) in [7, 11) is 1.55. The van der Waals surface area contributed by atoms with E-state index < -0.39 is 0 Å². The summed E-state index contributed by atoms with van der Waals surface area (Å²) in [6.07, 6.45) is 1.79. The molecule has 0 radical (unpaired) electrons. The molecule has 1 heterocycles. The van der Waals surface area contributed by atoms with Crippen molar-refractivity contribution in [2.24, 2.45) is 0 Å². The van der Waals surface area contributed by atoms with Gasteiger partial charge in [-0.05, 0) is 53.6 Å². The number of methoxy groups -OCH3 is 1. The molecule has 0 fully saturated rings. The Morgan fingerprint density at radius 1 is 1.03 bits per heavy atom. The number of rotatable bonds is 5. The molecule has 0 aromatic heterocycles. The first-order valence-electron chi connectivity index (χ1n) is 8.92. The number of carbonyl (C=O) groups excluding carboxylic acids is 1. The maximum atomic E-state index is 13.0. The summed E-state index contributed by atoms with van der Waals surface area (Å²) in [5.74, 6) is 0.625. The molecular weight excluding hydrogens is 393 g/mol. The number of anilines is 1. The second kappa shape index (κ2) is 7.97. The number of hydrogen-bond donors (Lipinski definition) is 1. The van der Waals surface area contributed by atoms with Crippen LogP contribution in [0.1, 0.15) is 16.7 Å². The Labute approximate surface area is 172 Å². The number of fused-ring (bicyclic) bond motifs is 1. The summed E-state index contributed by atoms with van der Waals surface area (Å²) in [5.41, 5.74) is 3.69. The minimum atomic E-state index is -0.288. The minimum Gasteiger partial charge on any atom is -0.493 e. The van der Waals surface area contributed by atoms with E-state index in [0.717, 1.165) is 16.7 Å². The average Bonchev–Trinajstić information content (AvgIpc) is 3.02. The lowest BCUT2D eigenvalue weighted by atomic mass is 10.0. The Balaban J connectivity index is 1.58. The number of benzene rings is 3. The van der Waals surface area contributed by atoms with Crippen molar-refractivity contribution in [2.75, 3.05) is 12.4 Å². The van der Waals surface area contributed by atoms with Gasteiger partial charge in [0.25, 0.3) is 5.91 Å². The molecule has 4 nitrogen and oxygen atoms in total. The molecular formula is C23H17ClFNO3. The van der Waals surface area contributed by atoms with Crippen LogP contribution in [0, 0.1) is 5.82 Å². The number of ether oxygens (including phenoxy) is 2. The number of amides is 1. The molecule has 4 rings (SSSR count). The Morgan fingerprint density at radius 3 is 2.59 bits per heavy atom. The summed E-state index contributed by atoms with van der Waals surface area (Å²) in [6.45, 7) is 0.285. The van der Waals surface area contributed by atoms with Gasteiger partial charge in [0, 0.05) is 16.2 Å². The Kier molecular flexibility index (Phi) is 5.23. The highest BCUT2D eigenvalue weighted by atomic mass is 35.5. The molecule has 0 aliphatic carbocycles. The van der Waals surface area contributed by atoms with Crippen molar-refractivity contribution in [2.45, 2.75) is 6.61 Å². The van der Waals surface area contributed by atoms with Crippen molar-refractivity contribution >= 4 is 34.8 Å². The van der Waals surface area contributed by atoms with E-state index in [1.54, 1.807) is 49.6 Å². The van der Waals surface area contributed by atoms with E-state index in [1.807, 2.05) is 12.1 Å². The van der Waals surface area contributed by atoms with Crippen LogP contribution in [0.2, 0.25) is 5.02 Å². The smallest absolute Gasteiger partial charge is 0.256 e. The molecule has 1 N–H and O–H groups in total. The molecule has 6 heteroatoms. The van der Waals surface area contributed by atoms with Crippen molar-refractivity contribution in [3.63, 3.8) is 0 Å². The lowest BCUT2D eigenvalue weighted by molar-refractivity contribution is -0.110. The third kappa shape index (κ3) is 4.10. The SMILES string of the molecule is COc1cc(C=C2C(=O)Nc3cc(Cl)ccc32)ccc1OCc1ccc(F)cc1. The van der Waals surface area contributed by atoms with Gasteiger partial charge in [-0.25, -0.2) is 4.39 Å². The molecule has 29 heavy (non-hydrogen) atoms. The molecule has 0 atom stereocenters. The Bertz CT molecular complexity index is 1110. The van der Waals surface area contributed by atoms with E-state index in [-0.39, 0.29) is 18.3 Å². The molecule has 3 aromatic rings. The topological polar surface area (TPSA) is 47.6 Å². The first kappa shape index (κ1) is 19.0. The summed E-state index contributed by atoms with van der Waals surface area (Å²) in [5, 5.41) is 3.38. The van der Waals surface area contributed by atoms with Gasteiger partial charge in [0.2, 0.25) is 0 Å². The van der Waals surface area contributed by atoms with Crippen LogP contribution in [-0.2, 0) is 11.4 Å².